The molecule has 2 rings (SSSR count). The molecule has 14 heavy (non-hydrogen) atoms. The molecule has 1 heterocycles. The van der Waals surface area contributed by atoms with Gasteiger partial charge in [-0.2, -0.15) is 5.10 Å². The van der Waals surface area contributed by atoms with Crippen LogP contribution in [0.5, 0.6) is 0 Å². The van der Waals surface area contributed by atoms with Crippen LogP contribution >= 0.6 is 0 Å². The van der Waals surface area contributed by atoms with Gasteiger partial charge in [-0.25, -0.2) is 0 Å². The van der Waals surface area contributed by atoms with Crippen LogP contribution in [0.25, 0.3) is 12.2 Å². The zero-order chi connectivity index (χ0) is 10.6. The Bertz CT molecular complexity index is 314. The van der Waals surface area contributed by atoms with Crippen molar-refractivity contribution >= 4 is 12.2 Å². The van der Waals surface area contributed by atoms with E-state index in [-0.39, 0.29) is 0 Å². The molecule has 1 unspecified atom stereocenters. The molecule has 0 radical (unpaired) electrons. The number of nitrogens with zero attached hydrogens (tertiary/aromatic N) is 2. The molecule has 2 nitrogen and oxygen atoms in total. The van der Waals surface area contributed by atoms with Crippen molar-refractivity contribution < 1.29 is 0 Å². The molecular formula is C12H18N2. The standard InChI is InChI=1S/C10H12N2.C2H6/c1-8-3-5-9-7-12(2)11-10(9)6-4-8;1-2/h3-8H,1-2H3;1-2H3. The van der Waals surface area contributed by atoms with Gasteiger partial charge in [0.15, 0.2) is 0 Å². The average Bonchev–Trinajstić information content (AvgIpc) is 2.47. The van der Waals surface area contributed by atoms with Crippen molar-refractivity contribution in [2.75, 3.05) is 0 Å². The van der Waals surface area contributed by atoms with Crippen molar-refractivity contribution in [2.45, 2.75) is 20.8 Å². The lowest BCUT2D eigenvalue weighted by atomic mass is 10.2. The van der Waals surface area contributed by atoms with Crippen LogP contribution in [0.4, 0.5) is 0 Å². The van der Waals surface area contributed by atoms with E-state index in [0.29, 0.717) is 5.92 Å². The fourth-order valence-electron chi connectivity index (χ4n) is 1.34. The highest BCUT2D eigenvalue weighted by molar-refractivity contribution is 5.64. The van der Waals surface area contributed by atoms with Crippen LogP contribution in [0.1, 0.15) is 32.0 Å². The zero-order valence-electron chi connectivity index (χ0n) is 9.36. The Morgan fingerprint density at radius 1 is 1.21 bits per heavy atom. The normalized spacial score (nSPS) is 18.1. The fourth-order valence-corrected chi connectivity index (χ4v) is 1.34. The number of rotatable bonds is 0. The minimum atomic E-state index is 0.518. The molecule has 0 saturated heterocycles. The fraction of sp³-hybridized carbons (Fsp3) is 0.417. The minimum absolute atomic E-state index is 0.518. The number of hydrogen-bond acceptors (Lipinski definition) is 1. The van der Waals surface area contributed by atoms with Gasteiger partial charge in [0.05, 0.1) is 5.69 Å². The van der Waals surface area contributed by atoms with Crippen molar-refractivity contribution in [3.63, 3.8) is 0 Å². The van der Waals surface area contributed by atoms with E-state index in [1.165, 1.54) is 5.56 Å². The Labute approximate surface area is 85.9 Å². The van der Waals surface area contributed by atoms with E-state index in [4.69, 9.17) is 0 Å². The van der Waals surface area contributed by atoms with Crippen LogP contribution in [-0.4, -0.2) is 9.78 Å². The van der Waals surface area contributed by atoms with E-state index in [0.717, 1.165) is 5.69 Å². The van der Waals surface area contributed by atoms with Gasteiger partial charge in [-0.1, -0.05) is 39.0 Å². The predicted octanol–water partition coefficient (Wildman–Crippen LogP) is 3.12. The van der Waals surface area contributed by atoms with Gasteiger partial charge in [0.1, 0.15) is 0 Å². The topological polar surface area (TPSA) is 17.8 Å². The van der Waals surface area contributed by atoms with Gasteiger partial charge < -0.3 is 0 Å². The highest BCUT2D eigenvalue weighted by atomic mass is 15.2. The molecule has 1 atom stereocenters. The molecule has 2 heteroatoms. The Morgan fingerprint density at radius 2 is 1.86 bits per heavy atom. The highest BCUT2D eigenvalue weighted by Gasteiger charge is 2.04. The van der Waals surface area contributed by atoms with E-state index in [2.05, 4.69) is 36.3 Å². The SMILES string of the molecule is CC.CC1C=Cc2cn(C)nc2C=C1. The summed E-state index contributed by atoms with van der Waals surface area (Å²) < 4.78 is 1.84. The van der Waals surface area contributed by atoms with Gasteiger partial charge in [0.25, 0.3) is 0 Å². The summed E-state index contributed by atoms with van der Waals surface area (Å²) in [5.41, 5.74) is 2.27. The van der Waals surface area contributed by atoms with Crippen molar-refractivity contribution in [3.8, 4) is 0 Å². The van der Waals surface area contributed by atoms with E-state index < -0.39 is 0 Å². The van der Waals surface area contributed by atoms with Crippen molar-refractivity contribution in [3.05, 3.63) is 29.6 Å². The molecule has 0 spiro atoms. The second-order valence-corrected chi connectivity index (χ2v) is 3.22. The van der Waals surface area contributed by atoms with Gasteiger partial charge in [-0.05, 0) is 12.0 Å². The summed E-state index contributed by atoms with van der Waals surface area (Å²) in [4.78, 5) is 0. The summed E-state index contributed by atoms with van der Waals surface area (Å²) >= 11 is 0. The molecule has 1 aromatic rings. The van der Waals surface area contributed by atoms with Crippen LogP contribution in [0.2, 0.25) is 0 Å². The Morgan fingerprint density at radius 3 is 2.57 bits per heavy atom. The Hall–Kier alpha value is -1.31. The molecule has 76 valence electrons. The summed E-state index contributed by atoms with van der Waals surface area (Å²) in [6.45, 7) is 6.17. The number of fused-ring (bicyclic) bond motifs is 1. The summed E-state index contributed by atoms with van der Waals surface area (Å²) in [6.07, 6.45) is 10.6. The van der Waals surface area contributed by atoms with Crippen LogP contribution in [0.3, 0.4) is 0 Å². The first-order valence-electron chi connectivity index (χ1n) is 5.16. The van der Waals surface area contributed by atoms with Crippen molar-refractivity contribution in [1.82, 2.24) is 9.78 Å². The first-order valence-corrected chi connectivity index (χ1v) is 5.16. The zero-order valence-corrected chi connectivity index (χ0v) is 9.36. The van der Waals surface area contributed by atoms with Gasteiger partial charge in [-0.15, -0.1) is 0 Å². The second-order valence-electron chi connectivity index (χ2n) is 3.22. The molecule has 1 aromatic heterocycles. The lowest BCUT2D eigenvalue weighted by molar-refractivity contribution is 0.764. The van der Waals surface area contributed by atoms with Crippen LogP contribution in [-0.2, 0) is 7.05 Å². The van der Waals surface area contributed by atoms with Crippen molar-refractivity contribution in [2.24, 2.45) is 13.0 Å². The molecule has 0 amide bonds. The summed E-state index contributed by atoms with van der Waals surface area (Å²) in [5, 5.41) is 4.32. The Balaban J connectivity index is 0.000000461. The largest absolute Gasteiger partial charge is 0.275 e. The molecular weight excluding hydrogens is 172 g/mol. The minimum Gasteiger partial charge on any atom is -0.275 e. The van der Waals surface area contributed by atoms with Crippen LogP contribution in [0.15, 0.2) is 18.3 Å². The van der Waals surface area contributed by atoms with Gasteiger partial charge in [-0.3, -0.25) is 4.68 Å². The van der Waals surface area contributed by atoms with Crippen LogP contribution < -0.4 is 0 Å². The summed E-state index contributed by atoms with van der Waals surface area (Å²) in [5.74, 6) is 0.518. The Kier molecular flexibility index (Phi) is 3.69. The number of allylic oxidation sites excluding steroid dienone is 2. The van der Waals surface area contributed by atoms with Gasteiger partial charge >= 0.3 is 0 Å². The van der Waals surface area contributed by atoms with Crippen LogP contribution in [0, 0.1) is 5.92 Å². The number of aryl methyl sites for hydroxylation is 1. The predicted molar refractivity (Wildman–Crippen MR) is 61.8 cm³/mol. The summed E-state index contributed by atoms with van der Waals surface area (Å²) in [6, 6.07) is 0. The lowest BCUT2D eigenvalue weighted by Crippen LogP contribution is -1.87. The van der Waals surface area contributed by atoms with E-state index in [1.807, 2.05) is 31.8 Å². The maximum atomic E-state index is 4.32. The van der Waals surface area contributed by atoms with E-state index in [1.54, 1.807) is 0 Å². The highest BCUT2D eigenvalue weighted by Crippen LogP contribution is 2.17. The van der Waals surface area contributed by atoms with Crippen molar-refractivity contribution in [1.29, 1.82) is 0 Å². The van der Waals surface area contributed by atoms with E-state index in [9.17, 15) is 0 Å². The maximum absolute atomic E-state index is 4.32. The summed E-state index contributed by atoms with van der Waals surface area (Å²) in [7, 11) is 1.94. The smallest absolute Gasteiger partial charge is 0.0920 e. The maximum Gasteiger partial charge on any atom is 0.0920 e. The molecule has 1 aliphatic carbocycles. The first-order chi connectivity index (χ1) is 6.75. The molecule has 0 bridgehead atoms. The molecule has 0 aromatic carbocycles. The molecule has 1 aliphatic rings. The average molecular weight is 190 g/mol. The molecule has 0 aliphatic heterocycles. The third-order valence-corrected chi connectivity index (χ3v) is 2.02. The van der Waals surface area contributed by atoms with Gasteiger partial charge in [0.2, 0.25) is 0 Å². The second kappa shape index (κ2) is 4.80. The lowest BCUT2D eigenvalue weighted by Gasteiger charge is -1.92. The number of aromatic nitrogens is 2. The quantitative estimate of drug-likeness (QED) is 0.614. The molecule has 0 saturated carbocycles. The monoisotopic (exact) mass is 190 g/mol. The third-order valence-electron chi connectivity index (χ3n) is 2.02. The van der Waals surface area contributed by atoms with E-state index >= 15 is 0 Å². The third kappa shape index (κ3) is 2.34. The van der Waals surface area contributed by atoms with Gasteiger partial charge in [0, 0.05) is 18.8 Å². The molecule has 0 N–H and O–H groups in total. The number of hydrogen-bond donors (Lipinski definition) is 0. The molecule has 0 fully saturated rings. The first kappa shape index (κ1) is 10.8.